The van der Waals surface area contributed by atoms with Crippen molar-refractivity contribution in [1.29, 1.82) is 0 Å². The summed E-state index contributed by atoms with van der Waals surface area (Å²) >= 11 is 0. The molecular weight excluding hydrogens is 358 g/mol. The molecule has 0 aromatic heterocycles. The molecule has 1 aliphatic heterocycles. The molecule has 1 saturated carbocycles. The first kappa shape index (κ1) is 19.3. The quantitative estimate of drug-likeness (QED) is 0.520. The van der Waals surface area contributed by atoms with Crippen LogP contribution in [0.2, 0.25) is 19.6 Å². The zero-order valence-electron chi connectivity index (χ0n) is 17.7. The van der Waals surface area contributed by atoms with Crippen molar-refractivity contribution in [3.05, 3.63) is 77.1 Å². The van der Waals surface area contributed by atoms with Crippen LogP contribution in [0.15, 0.2) is 65.9 Å². The Balaban J connectivity index is 1.82. The van der Waals surface area contributed by atoms with E-state index in [0.29, 0.717) is 12.1 Å². The molecule has 1 aliphatic carbocycles. The minimum atomic E-state index is -1.64. The fourth-order valence-electron chi connectivity index (χ4n) is 4.76. The van der Waals surface area contributed by atoms with Crippen LogP contribution in [0.25, 0.3) is 0 Å². The minimum Gasteiger partial charge on any atom is -0.547 e. The third-order valence-electron chi connectivity index (χ3n) is 5.93. The molecule has 0 N–H and O–H groups in total. The predicted molar refractivity (Wildman–Crippen MR) is 121 cm³/mol. The summed E-state index contributed by atoms with van der Waals surface area (Å²) in [5.74, 6) is 1.31. The molecule has 0 saturated heterocycles. The highest BCUT2D eigenvalue weighted by molar-refractivity contribution is 6.70. The SMILES string of the molecule is Cc1ccc(N2[C@H]3CCCCC3=C(O[Si](C)(C)C)C[C@H]2c2ccccc2)cc1. The fourth-order valence-corrected chi connectivity index (χ4v) is 5.71. The smallest absolute Gasteiger partial charge is 0.241 e. The first-order chi connectivity index (χ1) is 13.4. The van der Waals surface area contributed by atoms with Gasteiger partial charge in [-0.3, -0.25) is 0 Å². The van der Waals surface area contributed by atoms with Crippen LogP contribution < -0.4 is 4.90 Å². The van der Waals surface area contributed by atoms with Crippen molar-refractivity contribution >= 4 is 14.0 Å². The highest BCUT2D eigenvalue weighted by atomic mass is 28.4. The van der Waals surface area contributed by atoms with Crippen LogP contribution in [0.3, 0.4) is 0 Å². The Morgan fingerprint density at radius 1 is 0.893 bits per heavy atom. The van der Waals surface area contributed by atoms with Crippen LogP contribution in [-0.2, 0) is 4.43 Å². The van der Waals surface area contributed by atoms with Crippen molar-refractivity contribution in [2.45, 2.75) is 70.8 Å². The van der Waals surface area contributed by atoms with Crippen LogP contribution in [0, 0.1) is 6.92 Å². The Hall–Kier alpha value is -2.00. The van der Waals surface area contributed by atoms with Gasteiger partial charge in [-0.2, -0.15) is 0 Å². The van der Waals surface area contributed by atoms with E-state index in [0.717, 1.165) is 6.42 Å². The topological polar surface area (TPSA) is 12.5 Å². The van der Waals surface area contributed by atoms with Crippen molar-refractivity contribution in [2.24, 2.45) is 0 Å². The van der Waals surface area contributed by atoms with Gasteiger partial charge in [0.15, 0.2) is 0 Å². The second-order valence-electron chi connectivity index (χ2n) is 9.30. The van der Waals surface area contributed by atoms with Crippen molar-refractivity contribution < 1.29 is 4.43 Å². The fraction of sp³-hybridized carbons (Fsp3) is 0.440. The maximum atomic E-state index is 6.70. The number of nitrogens with zero attached hydrogens (tertiary/aromatic N) is 1. The number of benzene rings is 2. The van der Waals surface area contributed by atoms with Gasteiger partial charge in [-0.25, -0.2) is 0 Å². The third-order valence-corrected chi connectivity index (χ3v) is 6.79. The van der Waals surface area contributed by atoms with E-state index in [1.54, 1.807) is 5.57 Å². The second kappa shape index (κ2) is 7.79. The van der Waals surface area contributed by atoms with Gasteiger partial charge in [0, 0.05) is 12.1 Å². The molecule has 0 radical (unpaired) electrons. The molecule has 1 heterocycles. The molecule has 2 aromatic rings. The summed E-state index contributed by atoms with van der Waals surface area (Å²) in [5.41, 5.74) is 5.63. The maximum absolute atomic E-state index is 6.70. The molecule has 148 valence electrons. The molecule has 2 aliphatic rings. The average Bonchev–Trinajstić information content (AvgIpc) is 2.68. The van der Waals surface area contributed by atoms with E-state index in [-0.39, 0.29) is 0 Å². The standard InChI is InChI=1S/C25H33NOSi/c1-19-14-16-21(17-15-19)26-23-13-9-8-12-22(23)25(27-28(2,3)4)18-24(26)20-10-6-5-7-11-20/h5-7,10-11,14-17,23-24H,8-9,12-13,18H2,1-4H3/t23-,24-/m0/s1. The summed E-state index contributed by atoms with van der Waals surface area (Å²) < 4.78 is 6.70. The molecule has 28 heavy (non-hydrogen) atoms. The Kier molecular flexibility index (Phi) is 5.37. The lowest BCUT2D eigenvalue weighted by atomic mass is 9.81. The van der Waals surface area contributed by atoms with Gasteiger partial charge < -0.3 is 9.33 Å². The van der Waals surface area contributed by atoms with E-state index < -0.39 is 8.32 Å². The summed E-state index contributed by atoms with van der Waals surface area (Å²) in [6.07, 6.45) is 5.99. The lowest BCUT2D eigenvalue weighted by Crippen LogP contribution is -2.46. The number of fused-ring (bicyclic) bond motifs is 1. The van der Waals surface area contributed by atoms with Gasteiger partial charge >= 0.3 is 0 Å². The monoisotopic (exact) mass is 391 g/mol. The third kappa shape index (κ3) is 4.05. The van der Waals surface area contributed by atoms with E-state index in [1.807, 2.05) is 0 Å². The van der Waals surface area contributed by atoms with E-state index >= 15 is 0 Å². The molecule has 1 fully saturated rings. The Morgan fingerprint density at radius 2 is 1.61 bits per heavy atom. The highest BCUT2D eigenvalue weighted by Gasteiger charge is 2.39. The first-order valence-corrected chi connectivity index (χ1v) is 14.1. The molecule has 3 heteroatoms. The summed E-state index contributed by atoms with van der Waals surface area (Å²) in [6.45, 7) is 9.09. The average molecular weight is 392 g/mol. The van der Waals surface area contributed by atoms with Gasteiger partial charge in [0.25, 0.3) is 0 Å². The van der Waals surface area contributed by atoms with E-state index in [1.165, 1.54) is 48.3 Å². The maximum Gasteiger partial charge on any atom is 0.241 e. The van der Waals surface area contributed by atoms with Crippen molar-refractivity contribution in [3.8, 4) is 0 Å². The summed E-state index contributed by atoms with van der Waals surface area (Å²) in [5, 5.41) is 0. The van der Waals surface area contributed by atoms with Crippen LogP contribution in [0.5, 0.6) is 0 Å². The number of hydrogen-bond acceptors (Lipinski definition) is 2. The van der Waals surface area contributed by atoms with E-state index in [2.05, 4.69) is 86.1 Å². The summed E-state index contributed by atoms with van der Waals surface area (Å²) in [6, 6.07) is 20.9. The van der Waals surface area contributed by atoms with Crippen LogP contribution in [0.1, 0.15) is 49.3 Å². The van der Waals surface area contributed by atoms with Gasteiger partial charge in [-0.1, -0.05) is 54.4 Å². The number of rotatable bonds is 4. The molecule has 2 nitrogen and oxygen atoms in total. The van der Waals surface area contributed by atoms with Crippen LogP contribution in [0.4, 0.5) is 5.69 Å². The molecule has 2 atom stereocenters. The summed E-state index contributed by atoms with van der Waals surface area (Å²) in [4.78, 5) is 2.69. The van der Waals surface area contributed by atoms with E-state index in [4.69, 9.17) is 4.43 Å². The first-order valence-electron chi connectivity index (χ1n) is 10.7. The molecule has 0 spiro atoms. The van der Waals surface area contributed by atoms with Crippen molar-refractivity contribution in [1.82, 2.24) is 0 Å². The highest BCUT2D eigenvalue weighted by Crippen LogP contribution is 2.46. The van der Waals surface area contributed by atoms with Crippen LogP contribution in [-0.4, -0.2) is 14.4 Å². The molecule has 0 amide bonds. The second-order valence-corrected chi connectivity index (χ2v) is 13.7. The predicted octanol–water partition coefficient (Wildman–Crippen LogP) is 6.99. The van der Waals surface area contributed by atoms with Crippen molar-refractivity contribution in [2.75, 3.05) is 4.90 Å². The normalized spacial score (nSPS) is 22.8. The number of anilines is 1. The molecule has 4 rings (SSSR count). The van der Waals surface area contributed by atoms with Gasteiger partial charge in [-0.15, -0.1) is 0 Å². The Morgan fingerprint density at radius 3 is 2.29 bits per heavy atom. The number of aryl methyl sites for hydroxylation is 1. The molecule has 0 bridgehead atoms. The van der Waals surface area contributed by atoms with Gasteiger partial charge in [0.05, 0.1) is 17.8 Å². The number of hydrogen-bond donors (Lipinski definition) is 0. The molecular formula is C25H33NOSi. The van der Waals surface area contributed by atoms with Crippen LogP contribution >= 0.6 is 0 Å². The zero-order valence-corrected chi connectivity index (χ0v) is 18.7. The Labute approximate surface area is 171 Å². The molecule has 2 aromatic carbocycles. The molecule has 0 unspecified atom stereocenters. The lowest BCUT2D eigenvalue weighted by molar-refractivity contribution is 0.320. The lowest BCUT2D eigenvalue weighted by Gasteiger charge is -2.48. The van der Waals surface area contributed by atoms with Gasteiger partial charge in [0.2, 0.25) is 8.32 Å². The Bertz CT molecular complexity index is 835. The van der Waals surface area contributed by atoms with E-state index in [9.17, 15) is 0 Å². The van der Waals surface area contributed by atoms with Gasteiger partial charge in [0.1, 0.15) is 0 Å². The van der Waals surface area contributed by atoms with Crippen molar-refractivity contribution in [3.63, 3.8) is 0 Å². The minimum absolute atomic E-state index is 0.335. The zero-order chi connectivity index (χ0) is 19.7. The summed E-state index contributed by atoms with van der Waals surface area (Å²) in [7, 11) is -1.64. The van der Waals surface area contributed by atoms with Gasteiger partial charge in [-0.05, 0) is 69.1 Å². The largest absolute Gasteiger partial charge is 0.547 e.